The summed E-state index contributed by atoms with van der Waals surface area (Å²) in [5, 5.41) is 8.27. The van der Waals surface area contributed by atoms with Gasteiger partial charge in [0.05, 0.1) is 7.11 Å². The maximum atomic E-state index is 13.0. The van der Waals surface area contributed by atoms with Gasteiger partial charge in [0.15, 0.2) is 5.11 Å². The molecule has 0 aliphatic heterocycles. The highest BCUT2D eigenvalue weighted by molar-refractivity contribution is 7.80. The molecule has 0 saturated carbocycles. The molecular weight excluding hydrogens is 436 g/mol. The summed E-state index contributed by atoms with van der Waals surface area (Å²) < 4.78 is 16.2. The van der Waals surface area contributed by atoms with Gasteiger partial charge in [0.2, 0.25) is 3.79 Å². The van der Waals surface area contributed by atoms with E-state index in [4.69, 9.17) is 51.8 Å². The Labute approximate surface area is 176 Å². The number of amides is 1. The van der Waals surface area contributed by atoms with Crippen LogP contribution in [0.1, 0.15) is 10.4 Å². The van der Waals surface area contributed by atoms with Crippen molar-refractivity contribution in [2.75, 3.05) is 12.4 Å². The van der Waals surface area contributed by atoms with E-state index in [-0.39, 0.29) is 10.7 Å². The maximum absolute atomic E-state index is 13.0. The summed E-state index contributed by atoms with van der Waals surface area (Å²) in [7, 11) is 1.56. The predicted molar refractivity (Wildman–Crippen MR) is 110 cm³/mol. The fourth-order valence-electron chi connectivity index (χ4n) is 1.99. The Morgan fingerprint density at radius 1 is 1.07 bits per heavy atom. The molecule has 2 aromatic carbocycles. The van der Waals surface area contributed by atoms with Crippen LogP contribution in [-0.2, 0) is 0 Å². The van der Waals surface area contributed by atoms with Crippen molar-refractivity contribution in [3.05, 3.63) is 59.9 Å². The van der Waals surface area contributed by atoms with Gasteiger partial charge in [-0.05, 0) is 60.7 Å². The number of nitrogens with one attached hydrogen (secondary N) is 3. The monoisotopic (exact) mass is 449 g/mol. The molecule has 0 radical (unpaired) electrons. The normalized spacial score (nSPS) is 12.0. The van der Waals surface area contributed by atoms with Crippen molar-refractivity contribution < 1.29 is 13.9 Å². The molecule has 0 aliphatic carbocycles. The molecular formula is C17H15Cl3FN3O2S. The molecule has 0 saturated heterocycles. The molecule has 2 rings (SSSR count). The minimum Gasteiger partial charge on any atom is -0.497 e. The van der Waals surface area contributed by atoms with Gasteiger partial charge in [-0.15, -0.1) is 0 Å². The molecule has 0 heterocycles. The predicted octanol–water partition coefficient (Wildman–Crippen LogP) is 4.25. The first-order valence-corrected chi connectivity index (χ1v) is 9.08. The summed E-state index contributed by atoms with van der Waals surface area (Å²) in [6.07, 6.45) is -1.14. The van der Waals surface area contributed by atoms with Crippen LogP contribution < -0.4 is 20.7 Å². The number of thiocarbonyl (C=S) groups is 1. The second-order valence-corrected chi connectivity index (χ2v) is 8.06. The van der Waals surface area contributed by atoms with Crippen molar-refractivity contribution in [2.45, 2.75) is 9.96 Å². The van der Waals surface area contributed by atoms with Gasteiger partial charge in [-0.3, -0.25) is 4.79 Å². The number of benzene rings is 2. The second kappa shape index (κ2) is 9.41. The topological polar surface area (TPSA) is 62.4 Å². The first kappa shape index (κ1) is 21.5. The number of hydrogen-bond donors (Lipinski definition) is 3. The van der Waals surface area contributed by atoms with E-state index in [0.29, 0.717) is 11.4 Å². The fraction of sp³-hybridized carbons (Fsp3) is 0.176. The van der Waals surface area contributed by atoms with Crippen LogP contribution in [0.25, 0.3) is 0 Å². The zero-order valence-corrected chi connectivity index (χ0v) is 17.0. The molecule has 27 heavy (non-hydrogen) atoms. The highest BCUT2D eigenvalue weighted by Gasteiger charge is 2.34. The van der Waals surface area contributed by atoms with E-state index in [1.165, 1.54) is 12.1 Å². The molecule has 10 heteroatoms. The Bertz CT molecular complexity index is 799. The second-order valence-electron chi connectivity index (χ2n) is 5.28. The van der Waals surface area contributed by atoms with E-state index in [0.717, 1.165) is 12.1 Å². The third kappa shape index (κ3) is 6.70. The summed E-state index contributed by atoms with van der Waals surface area (Å²) in [6.45, 7) is 0. The molecule has 5 nitrogen and oxygen atoms in total. The van der Waals surface area contributed by atoms with Crippen LogP contribution in [0, 0.1) is 5.82 Å². The van der Waals surface area contributed by atoms with Crippen LogP contribution in [0.2, 0.25) is 0 Å². The van der Waals surface area contributed by atoms with Crippen molar-refractivity contribution in [1.82, 2.24) is 10.6 Å². The van der Waals surface area contributed by atoms with Gasteiger partial charge in [0.25, 0.3) is 5.91 Å². The quantitative estimate of drug-likeness (QED) is 0.361. The van der Waals surface area contributed by atoms with Gasteiger partial charge in [-0.25, -0.2) is 4.39 Å². The van der Waals surface area contributed by atoms with E-state index >= 15 is 0 Å². The van der Waals surface area contributed by atoms with Gasteiger partial charge in [-0.1, -0.05) is 34.8 Å². The molecule has 1 amide bonds. The summed E-state index contributed by atoms with van der Waals surface area (Å²) in [5.41, 5.74) is 0.868. The number of methoxy groups -OCH3 is 1. The summed E-state index contributed by atoms with van der Waals surface area (Å²) >= 11 is 23.0. The van der Waals surface area contributed by atoms with Crippen LogP contribution in [0.4, 0.5) is 10.1 Å². The smallest absolute Gasteiger partial charge is 0.252 e. The number of alkyl halides is 3. The minimum atomic E-state index is -1.90. The van der Waals surface area contributed by atoms with Crippen molar-refractivity contribution in [3.63, 3.8) is 0 Å². The summed E-state index contributed by atoms with van der Waals surface area (Å²) in [5.74, 6) is -0.344. The third-order valence-corrected chi connectivity index (χ3v) is 4.21. The number of rotatable bonds is 5. The van der Waals surface area contributed by atoms with E-state index in [1.54, 1.807) is 31.4 Å². The van der Waals surface area contributed by atoms with Crippen LogP contribution in [0.5, 0.6) is 5.75 Å². The van der Waals surface area contributed by atoms with Crippen LogP contribution in [0.15, 0.2) is 48.5 Å². The van der Waals surface area contributed by atoms with Crippen LogP contribution in [-0.4, -0.2) is 28.1 Å². The largest absolute Gasteiger partial charge is 0.497 e. The van der Waals surface area contributed by atoms with E-state index < -0.39 is 21.7 Å². The van der Waals surface area contributed by atoms with E-state index in [2.05, 4.69) is 16.0 Å². The number of hydrogen-bond acceptors (Lipinski definition) is 3. The van der Waals surface area contributed by atoms with Crippen LogP contribution in [0.3, 0.4) is 0 Å². The Kier molecular flexibility index (Phi) is 7.49. The molecule has 0 aromatic heterocycles. The SMILES string of the molecule is COc1ccc(NC(=S)N[C@H](NC(=O)c2ccc(F)cc2)C(Cl)(Cl)Cl)cc1. The lowest BCUT2D eigenvalue weighted by molar-refractivity contribution is 0.0934. The first-order chi connectivity index (χ1) is 12.7. The summed E-state index contributed by atoms with van der Waals surface area (Å²) in [6, 6.07) is 11.9. The average Bonchev–Trinajstić information content (AvgIpc) is 2.61. The molecule has 144 valence electrons. The number of anilines is 1. The zero-order chi connectivity index (χ0) is 20.0. The Balaban J connectivity index is 2.03. The lowest BCUT2D eigenvalue weighted by Crippen LogP contribution is -2.56. The van der Waals surface area contributed by atoms with Gasteiger partial charge >= 0.3 is 0 Å². The zero-order valence-electron chi connectivity index (χ0n) is 13.9. The fourth-order valence-corrected chi connectivity index (χ4v) is 2.55. The molecule has 0 bridgehead atoms. The minimum absolute atomic E-state index is 0.121. The number of ether oxygens (including phenoxy) is 1. The van der Waals surface area contributed by atoms with Crippen molar-refractivity contribution in [2.24, 2.45) is 0 Å². The Morgan fingerprint density at radius 3 is 2.19 bits per heavy atom. The molecule has 1 atom stereocenters. The number of halogens is 4. The molecule has 0 fully saturated rings. The maximum Gasteiger partial charge on any atom is 0.252 e. The first-order valence-electron chi connectivity index (χ1n) is 7.54. The molecule has 0 spiro atoms. The summed E-state index contributed by atoms with van der Waals surface area (Å²) in [4.78, 5) is 12.3. The Hall–Kier alpha value is -1.80. The van der Waals surface area contributed by atoms with Crippen LogP contribution >= 0.6 is 47.0 Å². The Morgan fingerprint density at radius 2 is 1.67 bits per heavy atom. The lowest BCUT2D eigenvalue weighted by atomic mass is 10.2. The lowest BCUT2D eigenvalue weighted by Gasteiger charge is -2.27. The van der Waals surface area contributed by atoms with Crippen molar-refractivity contribution in [3.8, 4) is 5.75 Å². The molecule has 0 unspecified atom stereocenters. The highest BCUT2D eigenvalue weighted by Crippen LogP contribution is 2.29. The van der Waals surface area contributed by atoms with E-state index in [9.17, 15) is 9.18 Å². The third-order valence-electron chi connectivity index (χ3n) is 3.33. The van der Waals surface area contributed by atoms with Gasteiger partial charge < -0.3 is 20.7 Å². The number of carbonyl (C=O) groups is 1. The van der Waals surface area contributed by atoms with Crippen molar-refractivity contribution in [1.29, 1.82) is 0 Å². The van der Waals surface area contributed by atoms with Gasteiger partial charge in [0, 0.05) is 11.3 Å². The molecule has 3 N–H and O–H groups in total. The number of carbonyl (C=O) groups excluding carboxylic acids is 1. The standard InChI is InChI=1S/C17H15Cl3FN3O2S/c1-26-13-8-6-12(7-9-13)22-16(27)24-15(17(18,19)20)23-14(25)10-2-4-11(21)5-3-10/h2-9,15H,1H3,(H,23,25)(H2,22,24,27)/t15-/m0/s1. The molecule has 2 aromatic rings. The van der Waals surface area contributed by atoms with Gasteiger partial charge in [-0.2, -0.15) is 0 Å². The van der Waals surface area contributed by atoms with Gasteiger partial charge in [0.1, 0.15) is 17.7 Å². The molecule has 0 aliphatic rings. The van der Waals surface area contributed by atoms with Crippen molar-refractivity contribution >= 4 is 63.7 Å². The average molecular weight is 451 g/mol. The highest BCUT2D eigenvalue weighted by atomic mass is 35.6. The van der Waals surface area contributed by atoms with E-state index in [1.807, 2.05) is 0 Å².